The number of benzene rings is 1. The van der Waals surface area contributed by atoms with E-state index in [1.165, 1.54) is 0 Å². The van der Waals surface area contributed by atoms with E-state index in [9.17, 15) is 0 Å². The Morgan fingerprint density at radius 2 is 2.05 bits per heavy atom. The zero-order valence-electron chi connectivity index (χ0n) is 12.6. The van der Waals surface area contributed by atoms with Gasteiger partial charge in [-0.3, -0.25) is 4.98 Å². The maximum atomic E-state index is 5.75. The summed E-state index contributed by atoms with van der Waals surface area (Å²) < 4.78 is 5.75. The van der Waals surface area contributed by atoms with E-state index >= 15 is 0 Å². The summed E-state index contributed by atoms with van der Waals surface area (Å²) in [4.78, 5) is 4.95. The van der Waals surface area contributed by atoms with Gasteiger partial charge in [0, 0.05) is 16.8 Å². The van der Waals surface area contributed by atoms with Gasteiger partial charge in [0.15, 0.2) is 0 Å². The second kappa shape index (κ2) is 6.68. The van der Waals surface area contributed by atoms with Crippen LogP contribution in [0.3, 0.4) is 0 Å². The summed E-state index contributed by atoms with van der Waals surface area (Å²) in [7, 11) is 0. The van der Waals surface area contributed by atoms with Crippen LogP contribution < -0.4 is 10.5 Å². The second-order valence-corrected chi connectivity index (χ2v) is 5.87. The van der Waals surface area contributed by atoms with Crippen molar-refractivity contribution in [1.29, 1.82) is 0 Å². The number of rotatable bonds is 5. The molecule has 4 heteroatoms. The number of nitrogens with zero attached hydrogens (tertiary/aromatic N) is 1. The number of nitrogens with two attached hydrogens (primary N) is 1. The van der Waals surface area contributed by atoms with Crippen LogP contribution in [0.2, 0.25) is 0 Å². The SMILES string of the molecule is Cc1nc(-c2cccc(OCC(C)C)c2)ccc1C(N)=S. The van der Waals surface area contributed by atoms with Crippen LogP contribution >= 0.6 is 12.2 Å². The first-order valence-electron chi connectivity index (χ1n) is 6.98. The molecule has 1 aromatic heterocycles. The summed E-state index contributed by atoms with van der Waals surface area (Å²) >= 11 is 5.01. The molecule has 2 rings (SSSR count). The second-order valence-electron chi connectivity index (χ2n) is 5.43. The minimum absolute atomic E-state index is 0.376. The molecule has 0 unspecified atom stereocenters. The van der Waals surface area contributed by atoms with Gasteiger partial charge in [-0.2, -0.15) is 0 Å². The van der Waals surface area contributed by atoms with Gasteiger partial charge in [0.05, 0.1) is 12.3 Å². The monoisotopic (exact) mass is 300 g/mol. The molecule has 0 fully saturated rings. The molecule has 0 atom stereocenters. The van der Waals surface area contributed by atoms with Crippen LogP contribution in [0.5, 0.6) is 5.75 Å². The normalized spacial score (nSPS) is 10.7. The lowest BCUT2D eigenvalue weighted by atomic mass is 10.1. The highest BCUT2D eigenvalue weighted by molar-refractivity contribution is 7.80. The van der Waals surface area contributed by atoms with Crippen molar-refractivity contribution in [3.8, 4) is 17.0 Å². The van der Waals surface area contributed by atoms with Gasteiger partial charge < -0.3 is 10.5 Å². The summed E-state index contributed by atoms with van der Waals surface area (Å²) in [5, 5.41) is 0. The van der Waals surface area contributed by atoms with Crippen LogP contribution in [0.1, 0.15) is 25.1 Å². The lowest BCUT2D eigenvalue weighted by Gasteiger charge is -2.11. The van der Waals surface area contributed by atoms with E-state index < -0.39 is 0 Å². The molecule has 0 saturated heterocycles. The third kappa shape index (κ3) is 4.02. The number of ether oxygens (including phenoxy) is 1. The van der Waals surface area contributed by atoms with Crippen molar-refractivity contribution < 1.29 is 4.74 Å². The smallest absolute Gasteiger partial charge is 0.119 e. The molecular formula is C17H20N2OS. The van der Waals surface area contributed by atoms with Gasteiger partial charge in [0.2, 0.25) is 0 Å². The molecule has 0 radical (unpaired) electrons. The third-order valence-electron chi connectivity index (χ3n) is 3.06. The molecule has 0 spiro atoms. The number of hydrogen-bond donors (Lipinski definition) is 1. The van der Waals surface area contributed by atoms with E-state index in [2.05, 4.69) is 18.8 Å². The Labute approximate surface area is 131 Å². The molecule has 0 saturated carbocycles. The van der Waals surface area contributed by atoms with Crippen LogP contribution in [-0.2, 0) is 0 Å². The van der Waals surface area contributed by atoms with E-state index in [1.54, 1.807) is 0 Å². The Hall–Kier alpha value is -1.94. The third-order valence-corrected chi connectivity index (χ3v) is 3.28. The number of thiocarbonyl (C=S) groups is 1. The predicted molar refractivity (Wildman–Crippen MR) is 90.6 cm³/mol. The zero-order valence-corrected chi connectivity index (χ0v) is 13.4. The molecule has 1 aromatic carbocycles. The lowest BCUT2D eigenvalue weighted by molar-refractivity contribution is 0.271. The predicted octanol–water partition coefficient (Wildman–Crippen LogP) is 3.73. The molecule has 2 N–H and O–H groups in total. The molecule has 0 aliphatic heterocycles. The lowest BCUT2D eigenvalue weighted by Crippen LogP contribution is -2.12. The summed E-state index contributed by atoms with van der Waals surface area (Å²) in [6.07, 6.45) is 0. The Kier molecular flexibility index (Phi) is 4.91. The summed E-state index contributed by atoms with van der Waals surface area (Å²) in [5.74, 6) is 1.36. The molecule has 0 bridgehead atoms. The van der Waals surface area contributed by atoms with Crippen molar-refractivity contribution in [3.05, 3.63) is 47.7 Å². The van der Waals surface area contributed by atoms with Gasteiger partial charge in [-0.1, -0.05) is 38.2 Å². The summed E-state index contributed by atoms with van der Waals surface area (Å²) in [5.41, 5.74) is 9.24. The minimum Gasteiger partial charge on any atom is -0.493 e. The molecule has 3 nitrogen and oxygen atoms in total. The molecule has 1 heterocycles. The maximum absolute atomic E-state index is 5.75. The number of pyridine rings is 1. The van der Waals surface area contributed by atoms with E-state index in [1.807, 2.05) is 43.3 Å². The Balaban J connectivity index is 2.27. The van der Waals surface area contributed by atoms with Gasteiger partial charge in [0.1, 0.15) is 10.7 Å². The van der Waals surface area contributed by atoms with Crippen molar-refractivity contribution in [1.82, 2.24) is 4.98 Å². The van der Waals surface area contributed by atoms with Crippen molar-refractivity contribution in [2.24, 2.45) is 11.7 Å². The van der Waals surface area contributed by atoms with Gasteiger partial charge in [0.25, 0.3) is 0 Å². The first-order valence-corrected chi connectivity index (χ1v) is 7.39. The van der Waals surface area contributed by atoms with Crippen LogP contribution in [0, 0.1) is 12.8 Å². The molecule has 0 aliphatic carbocycles. The fourth-order valence-electron chi connectivity index (χ4n) is 1.99. The quantitative estimate of drug-likeness (QED) is 0.855. The van der Waals surface area contributed by atoms with Crippen LogP contribution in [0.4, 0.5) is 0 Å². The molecule has 0 aliphatic rings. The van der Waals surface area contributed by atoms with Crippen LogP contribution in [-0.4, -0.2) is 16.6 Å². The highest BCUT2D eigenvalue weighted by Gasteiger charge is 2.07. The van der Waals surface area contributed by atoms with Gasteiger partial charge in [-0.15, -0.1) is 0 Å². The molecule has 2 aromatic rings. The fraction of sp³-hybridized carbons (Fsp3) is 0.294. The average Bonchev–Trinajstić information content (AvgIpc) is 2.45. The van der Waals surface area contributed by atoms with E-state index in [0.717, 1.165) is 28.3 Å². The van der Waals surface area contributed by atoms with Crippen LogP contribution in [0.15, 0.2) is 36.4 Å². The molecule has 110 valence electrons. The first kappa shape index (κ1) is 15.4. The van der Waals surface area contributed by atoms with E-state index in [4.69, 9.17) is 22.7 Å². The molecule has 0 amide bonds. The van der Waals surface area contributed by atoms with Crippen molar-refractivity contribution >= 4 is 17.2 Å². The van der Waals surface area contributed by atoms with Crippen molar-refractivity contribution in [2.75, 3.05) is 6.61 Å². The average molecular weight is 300 g/mol. The van der Waals surface area contributed by atoms with Crippen molar-refractivity contribution in [2.45, 2.75) is 20.8 Å². The highest BCUT2D eigenvalue weighted by Crippen LogP contribution is 2.23. The Morgan fingerprint density at radius 3 is 2.67 bits per heavy atom. The summed E-state index contributed by atoms with van der Waals surface area (Å²) in [6.45, 7) is 6.87. The number of hydrogen-bond acceptors (Lipinski definition) is 3. The largest absolute Gasteiger partial charge is 0.493 e. The van der Waals surface area contributed by atoms with Gasteiger partial charge >= 0.3 is 0 Å². The van der Waals surface area contributed by atoms with Crippen LogP contribution in [0.25, 0.3) is 11.3 Å². The number of aryl methyl sites for hydroxylation is 1. The maximum Gasteiger partial charge on any atom is 0.119 e. The van der Waals surface area contributed by atoms with Gasteiger partial charge in [-0.25, -0.2) is 0 Å². The fourth-order valence-corrected chi connectivity index (χ4v) is 2.21. The van der Waals surface area contributed by atoms with E-state index in [-0.39, 0.29) is 0 Å². The molecular weight excluding hydrogens is 280 g/mol. The summed E-state index contributed by atoms with van der Waals surface area (Å²) in [6, 6.07) is 11.8. The van der Waals surface area contributed by atoms with Crippen molar-refractivity contribution in [3.63, 3.8) is 0 Å². The number of aromatic nitrogens is 1. The Bertz CT molecular complexity index is 653. The van der Waals surface area contributed by atoms with Gasteiger partial charge in [-0.05, 0) is 37.1 Å². The zero-order chi connectivity index (χ0) is 15.4. The standard InChI is InChI=1S/C17H20N2OS/c1-11(2)10-20-14-6-4-5-13(9-14)16-8-7-15(17(18)21)12(3)19-16/h4-9,11H,10H2,1-3H3,(H2,18,21). The first-order chi connectivity index (χ1) is 9.97. The topological polar surface area (TPSA) is 48.1 Å². The van der Waals surface area contributed by atoms with E-state index in [0.29, 0.717) is 17.5 Å². The highest BCUT2D eigenvalue weighted by atomic mass is 32.1. The molecule has 21 heavy (non-hydrogen) atoms. The Morgan fingerprint density at radius 1 is 1.29 bits per heavy atom. The minimum atomic E-state index is 0.376.